The summed E-state index contributed by atoms with van der Waals surface area (Å²) in [6, 6.07) is 12.1. The Morgan fingerprint density at radius 3 is 2.50 bits per heavy atom. The zero-order chi connectivity index (χ0) is 24.3. The van der Waals surface area contributed by atoms with Crippen LogP contribution in [0.2, 0.25) is 0 Å². The Labute approximate surface area is 195 Å². The molecule has 1 aliphatic heterocycles. The maximum absolute atomic E-state index is 12.8. The van der Waals surface area contributed by atoms with Gasteiger partial charge in [0.25, 0.3) is 0 Å². The summed E-state index contributed by atoms with van der Waals surface area (Å²) in [5.41, 5.74) is 1.36. The molecule has 0 saturated carbocycles. The maximum atomic E-state index is 12.8. The molecule has 0 amide bonds. The lowest BCUT2D eigenvalue weighted by Gasteiger charge is -2.22. The van der Waals surface area contributed by atoms with Crippen LogP contribution in [-0.2, 0) is 28.9 Å². The molecule has 9 heteroatoms. The van der Waals surface area contributed by atoms with Gasteiger partial charge in [-0.1, -0.05) is 12.1 Å². The third-order valence-electron chi connectivity index (χ3n) is 5.87. The van der Waals surface area contributed by atoms with E-state index >= 15 is 0 Å². The van der Waals surface area contributed by atoms with Crippen molar-refractivity contribution in [3.63, 3.8) is 0 Å². The standard InChI is InChI=1S/C25H25F3N2O4/c1-16-21(29-23(34-16)18-7-9-19(10-8-18)25(26,27)28)15-33-20-11-5-17(6-12-20)14-30-13-3-4-22(30)24(31)32-2/h5-12,22H,3-4,13-15H2,1-2H3. The molecule has 0 bridgehead atoms. The summed E-state index contributed by atoms with van der Waals surface area (Å²) in [7, 11) is 1.41. The molecular weight excluding hydrogens is 449 g/mol. The molecule has 0 N–H and O–H groups in total. The third kappa shape index (κ3) is 5.41. The molecule has 4 rings (SSSR count). The lowest BCUT2D eigenvalue weighted by atomic mass is 10.1. The minimum absolute atomic E-state index is 0.159. The number of likely N-dealkylation sites (tertiary alicyclic amines) is 1. The Kier molecular flexibility index (Phi) is 6.92. The molecule has 1 aromatic heterocycles. The van der Waals surface area contributed by atoms with Crippen molar-refractivity contribution in [2.45, 2.75) is 45.1 Å². The molecular formula is C25H25F3N2O4. The van der Waals surface area contributed by atoms with Crippen LogP contribution in [0.4, 0.5) is 13.2 Å². The van der Waals surface area contributed by atoms with Gasteiger partial charge in [0.1, 0.15) is 29.9 Å². The van der Waals surface area contributed by atoms with Crippen LogP contribution in [0.15, 0.2) is 52.9 Å². The van der Waals surface area contributed by atoms with E-state index in [1.807, 2.05) is 24.3 Å². The fourth-order valence-electron chi connectivity index (χ4n) is 3.98. The second kappa shape index (κ2) is 9.89. The zero-order valence-electron chi connectivity index (χ0n) is 18.9. The van der Waals surface area contributed by atoms with Crippen molar-refractivity contribution >= 4 is 5.97 Å². The summed E-state index contributed by atoms with van der Waals surface area (Å²) in [4.78, 5) is 18.4. The Bertz CT molecular complexity index is 1120. The normalized spacial score (nSPS) is 16.6. The van der Waals surface area contributed by atoms with Crippen LogP contribution >= 0.6 is 0 Å². The molecule has 0 aliphatic carbocycles. The van der Waals surface area contributed by atoms with Gasteiger partial charge in [-0.3, -0.25) is 9.69 Å². The van der Waals surface area contributed by atoms with Crippen molar-refractivity contribution in [2.75, 3.05) is 13.7 Å². The Hall–Kier alpha value is -3.33. The number of carbonyl (C=O) groups excluding carboxylic acids is 1. The monoisotopic (exact) mass is 474 g/mol. The van der Waals surface area contributed by atoms with Crippen molar-refractivity contribution < 1.29 is 31.9 Å². The molecule has 1 unspecified atom stereocenters. The Morgan fingerprint density at radius 2 is 1.85 bits per heavy atom. The molecule has 0 spiro atoms. The van der Waals surface area contributed by atoms with Gasteiger partial charge < -0.3 is 13.9 Å². The smallest absolute Gasteiger partial charge is 0.416 e. The van der Waals surface area contributed by atoms with Gasteiger partial charge in [0, 0.05) is 12.1 Å². The quantitative estimate of drug-likeness (QED) is 0.428. The van der Waals surface area contributed by atoms with Gasteiger partial charge in [0.15, 0.2) is 0 Å². The van der Waals surface area contributed by atoms with Gasteiger partial charge in [-0.15, -0.1) is 0 Å². The van der Waals surface area contributed by atoms with Crippen molar-refractivity contribution in [3.05, 3.63) is 71.1 Å². The van der Waals surface area contributed by atoms with Crippen LogP contribution in [0.25, 0.3) is 11.5 Å². The zero-order valence-corrected chi connectivity index (χ0v) is 18.9. The summed E-state index contributed by atoms with van der Waals surface area (Å²) < 4.78 is 54.7. The van der Waals surface area contributed by atoms with Crippen molar-refractivity contribution in [1.29, 1.82) is 0 Å². The number of ether oxygens (including phenoxy) is 2. The first-order valence-electron chi connectivity index (χ1n) is 10.9. The topological polar surface area (TPSA) is 64.8 Å². The highest BCUT2D eigenvalue weighted by Crippen LogP contribution is 2.31. The highest BCUT2D eigenvalue weighted by Gasteiger charge is 2.31. The molecule has 1 saturated heterocycles. The van der Waals surface area contributed by atoms with Crippen LogP contribution < -0.4 is 4.74 Å². The second-order valence-electron chi connectivity index (χ2n) is 8.18. The summed E-state index contributed by atoms with van der Waals surface area (Å²) in [6.45, 7) is 3.39. The van der Waals surface area contributed by atoms with E-state index in [2.05, 4.69) is 9.88 Å². The number of esters is 1. The number of hydrogen-bond acceptors (Lipinski definition) is 6. The first kappa shape index (κ1) is 23.8. The van der Waals surface area contributed by atoms with E-state index in [0.29, 0.717) is 29.3 Å². The van der Waals surface area contributed by atoms with E-state index in [1.165, 1.54) is 19.2 Å². The minimum atomic E-state index is -4.39. The number of hydrogen-bond donors (Lipinski definition) is 0. The van der Waals surface area contributed by atoms with Gasteiger partial charge in [0.05, 0.1) is 12.7 Å². The Morgan fingerprint density at radius 1 is 1.15 bits per heavy atom. The molecule has 34 heavy (non-hydrogen) atoms. The molecule has 2 heterocycles. The number of carbonyl (C=O) groups is 1. The molecule has 3 aromatic rings. The lowest BCUT2D eigenvalue weighted by molar-refractivity contribution is -0.146. The SMILES string of the molecule is COC(=O)C1CCCN1Cc1ccc(OCc2nc(-c3ccc(C(F)(F)F)cc3)oc2C)cc1. The Balaban J connectivity index is 1.36. The summed E-state index contributed by atoms with van der Waals surface area (Å²) >= 11 is 0. The van der Waals surface area contributed by atoms with E-state index in [4.69, 9.17) is 13.9 Å². The lowest BCUT2D eigenvalue weighted by Crippen LogP contribution is -2.36. The van der Waals surface area contributed by atoms with E-state index in [0.717, 1.165) is 37.1 Å². The predicted molar refractivity (Wildman–Crippen MR) is 118 cm³/mol. The van der Waals surface area contributed by atoms with E-state index in [9.17, 15) is 18.0 Å². The van der Waals surface area contributed by atoms with Crippen molar-refractivity contribution in [1.82, 2.24) is 9.88 Å². The molecule has 180 valence electrons. The number of aryl methyl sites for hydroxylation is 1. The first-order chi connectivity index (χ1) is 16.2. The highest BCUT2D eigenvalue weighted by atomic mass is 19.4. The highest BCUT2D eigenvalue weighted by molar-refractivity contribution is 5.76. The summed E-state index contributed by atoms with van der Waals surface area (Å²) in [6.07, 6.45) is -2.62. The molecule has 6 nitrogen and oxygen atoms in total. The van der Waals surface area contributed by atoms with Gasteiger partial charge in [-0.05, 0) is 68.3 Å². The number of nitrogens with zero attached hydrogens (tertiary/aromatic N) is 2. The van der Waals surface area contributed by atoms with Crippen LogP contribution in [0.3, 0.4) is 0 Å². The average molecular weight is 474 g/mol. The fourth-order valence-corrected chi connectivity index (χ4v) is 3.98. The largest absolute Gasteiger partial charge is 0.487 e. The molecule has 1 fully saturated rings. The molecule has 1 aliphatic rings. The van der Waals surface area contributed by atoms with E-state index in [1.54, 1.807) is 6.92 Å². The number of aromatic nitrogens is 1. The minimum Gasteiger partial charge on any atom is -0.487 e. The predicted octanol–water partition coefficient (Wildman–Crippen LogP) is 5.39. The van der Waals surface area contributed by atoms with Gasteiger partial charge in [0.2, 0.25) is 5.89 Å². The first-order valence-corrected chi connectivity index (χ1v) is 10.9. The van der Waals surface area contributed by atoms with Crippen molar-refractivity contribution in [3.8, 4) is 17.2 Å². The van der Waals surface area contributed by atoms with Crippen LogP contribution in [0, 0.1) is 6.92 Å². The second-order valence-corrected chi connectivity index (χ2v) is 8.18. The van der Waals surface area contributed by atoms with Crippen LogP contribution in [0.5, 0.6) is 5.75 Å². The van der Waals surface area contributed by atoms with E-state index < -0.39 is 11.7 Å². The number of benzene rings is 2. The molecule has 0 radical (unpaired) electrons. The number of halogens is 3. The fraction of sp³-hybridized carbons (Fsp3) is 0.360. The van der Waals surface area contributed by atoms with Crippen LogP contribution in [0.1, 0.15) is 35.4 Å². The van der Waals surface area contributed by atoms with Crippen LogP contribution in [-0.4, -0.2) is 35.5 Å². The van der Waals surface area contributed by atoms with Gasteiger partial charge in [-0.25, -0.2) is 4.98 Å². The van der Waals surface area contributed by atoms with Crippen molar-refractivity contribution in [2.24, 2.45) is 0 Å². The number of oxazole rings is 1. The van der Waals surface area contributed by atoms with Gasteiger partial charge in [-0.2, -0.15) is 13.2 Å². The average Bonchev–Trinajstić information content (AvgIpc) is 3.44. The van der Waals surface area contributed by atoms with Gasteiger partial charge >= 0.3 is 12.1 Å². The number of rotatable bonds is 7. The van der Waals surface area contributed by atoms with E-state index in [-0.39, 0.29) is 24.5 Å². The maximum Gasteiger partial charge on any atom is 0.416 e. The molecule has 1 atom stereocenters. The number of alkyl halides is 3. The summed E-state index contributed by atoms with van der Waals surface area (Å²) in [5.74, 6) is 1.23. The third-order valence-corrected chi connectivity index (χ3v) is 5.87. The number of methoxy groups -OCH3 is 1. The molecule has 2 aromatic carbocycles. The summed E-state index contributed by atoms with van der Waals surface area (Å²) in [5, 5.41) is 0.